The zero-order valence-electron chi connectivity index (χ0n) is 16.0. The number of hydrogen-bond acceptors (Lipinski definition) is 3. The van der Waals surface area contributed by atoms with Crippen LogP contribution in [-0.2, 0) is 16.1 Å². The predicted octanol–water partition coefficient (Wildman–Crippen LogP) is 5.56. The molecule has 0 aliphatic heterocycles. The van der Waals surface area contributed by atoms with Crippen LogP contribution in [0.2, 0.25) is 0 Å². The number of rotatable bonds is 8. The number of benzene rings is 2. The first-order valence-electron chi connectivity index (χ1n) is 10.2. The lowest BCUT2D eigenvalue weighted by Crippen LogP contribution is -2.50. The molecule has 4 heteroatoms. The summed E-state index contributed by atoms with van der Waals surface area (Å²) in [6.45, 7) is 0.541. The van der Waals surface area contributed by atoms with Crippen LogP contribution in [0.5, 0.6) is 11.5 Å². The molecule has 0 radical (unpaired) electrons. The van der Waals surface area contributed by atoms with E-state index in [-0.39, 0.29) is 22.9 Å². The van der Waals surface area contributed by atoms with Gasteiger partial charge >= 0.3 is 5.97 Å². The highest BCUT2D eigenvalue weighted by atomic mass is 16.5. The summed E-state index contributed by atoms with van der Waals surface area (Å²) in [6, 6.07) is 17.9. The third-order valence-corrected chi connectivity index (χ3v) is 7.63. The van der Waals surface area contributed by atoms with E-state index in [0.29, 0.717) is 6.61 Å². The molecule has 3 unspecified atom stereocenters. The van der Waals surface area contributed by atoms with Crippen molar-refractivity contribution in [2.45, 2.75) is 57.2 Å². The molecule has 3 aliphatic carbocycles. The lowest BCUT2D eigenvalue weighted by molar-refractivity contribution is -0.164. The first-order chi connectivity index (χ1) is 13.6. The smallest absolute Gasteiger partial charge is 0.303 e. The summed E-state index contributed by atoms with van der Waals surface area (Å²) in [4.78, 5) is 11.1. The Morgan fingerprint density at radius 1 is 0.964 bits per heavy atom. The van der Waals surface area contributed by atoms with E-state index in [9.17, 15) is 4.79 Å². The summed E-state index contributed by atoms with van der Waals surface area (Å²) in [6.07, 6.45) is 6.71. The van der Waals surface area contributed by atoms with Crippen molar-refractivity contribution in [2.75, 3.05) is 0 Å². The van der Waals surface area contributed by atoms with Crippen molar-refractivity contribution in [3.8, 4) is 11.5 Å². The summed E-state index contributed by atoms with van der Waals surface area (Å²) in [5.74, 6) is 0.981. The van der Waals surface area contributed by atoms with Gasteiger partial charge in [-0.2, -0.15) is 0 Å². The minimum atomic E-state index is -0.679. The van der Waals surface area contributed by atoms with E-state index in [0.717, 1.165) is 49.2 Å². The quantitative estimate of drug-likeness (QED) is 0.653. The second kappa shape index (κ2) is 6.35. The molecule has 1 spiro atoms. The minimum absolute atomic E-state index is 0.0502. The number of carboxylic acids is 1. The molecule has 5 rings (SSSR count). The van der Waals surface area contributed by atoms with Crippen LogP contribution in [0.4, 0.5) is 0 Å². The molecule has 3 aliphatic rings. The molecule has 0 heterocycles. The first kappa shape index (κ1) is 17.7. The fourth-order valence-corrected chi connectivity index (χ4v) is 6.01. The van der Waals surface area contributed by atoms with Gasteiger partial charge in [0.25, 0.3) is 0 Å². The number of aliphatic carboxylic acids is 1. The number of carboxylic acid groups (broad SMARTS) is 1. The second-order valence-electron chi connectivity index (χ2n) is 8.74. The van der Waals surface area contributed by atoms with Crippen molar-refractivity contribution in [3.05, 3.63) is 60.2 Å². The van der Waals surface area contributed by atoms with Gasteiger partial charge in [0.05, 0.1) is 12.2 Å². The van der Waals surface area contributed by atoms with E-state index in [1.807, 2.05) is 48.5 Å². The molecule has 3 atom stereocenters. The maximum atomic E-state index is 11.1. The SMILES string of the molecule is O=C(O)CCC12CCC3(OCc4ccccc4Oc4ccccc4)CCC13C2. The fraction of sp³-hybridized carbons (Fsp3) is 0.458. The molecular weight excluding hydrogens is 352 g/mol. The van der Waals surface area contributed by atoms with Gasteiger partial charge in [-0.3, -0.25) is 4.79 Å². The highest BCUT2D eigenvalue weighted by Gasteiger charge is 2.83. The van der Waals surface area contributed by atoms with Gasteiger partial charge in [0, 0.05) is 17.4 Å². The number of para-hydroxylation sites is 2. The van der Waals surface area contributed by atoms with Crippen LogP contribution in [0.1, 0.15) is 50.5 Å². The Balaban J connectivity index is 1.29. The van der Waals surface area contributed by atoms with Crippen molar-refractivity contribution in [1.82, 2.24) is 0 Å². The van der Waals surface area contributed by atoms with Crippen molar-refractivity contribution >= 4 is 5.97 Å². The van der Waals surface area contributed by atoms with E-state index in [2.05, 4.69) is 6.07 Å². The summed E-state index contributed by atoms with van der Waals surface area (Å²) in [5, 5.41) is 9.10. The minimum Gasteiger partial charge on any atom is -0.481 e. The Bertz CT molecular complexity index is 890. The van der Waals surface area contributed by atoms with Gasteiger partial charge in [-0.05, 0) is 62.1 Å². The zero-order valence-corrected chi connectivity index (χ0v) is 16.0. The highest BCUT2D eigenvalue weighted by Crippen LogP contribution is 2.87. The third-order valence-electron chi connectivity index (χ3n) is 7.63. The average Bonchev–Trinajstić information content (AvgIpc) is 3.36. The van der Waals surface area contributed by atoms with Gasteiger partial charge in [0.15, 0.2) is 0 Å². The molecule has 2 aromatic carbocycles. The lowest BCUT2D eigenvalue weighted by atomic mass is 9.65. The molecule has 28 heavy (non-hydrogen) atoms. The summed E-state index contributed by atoms with van der Waals surface area (Å²) in [7, 11) is 0. The topological polar surface area (TPSA) is 55.8 Å². The van der Waals surface area contributed by atoms with Crippen molar-refractivity contribution in [1.29, 1.82) is 0 Å². The van der Waals surface area contributed by atoms with Crippen LogP contribution >= 0.6 is 0 Å². The first-order valence-corrected chi connectivity index (χ1v) is 10.2. The Morgan fingerprint density at radius 2 is 1.71 bits per heavy atom. The molecule has 146 valence electrons. The van der Waals surface area contributed by atoms with Gasteiger partial charge in [-0.25, -0.2) is 0 Å². The predicted molar refractivity (Wildman–Crippen MR) is 105 cm³/mol. The Kier molecular flexibility index (Phi) is 4.02. The summed E-state index contributed by atoms with van der Waals surface area (Å²) < 4.78 is 12.7. The van der Waals surface area contributed by atoms with Crippen LogP contribution < -0.4 is 4.74 Å². The van der Waals surface area contributed by atoms with Gasteiger partial charge < -0.3 is 14.6 Å². The summed E-state index contributed by atoms with van der Waals surface area (Å²) >= 11 is 0. The standard InChI is InChI=1S/C24H26O4/c25-21(26)10-11-22-12-14-24(15-13-23(22,24)17-22)27-16-18-6-4-5-9-20(18)28-19-7-2-1-3-8-19/h1-9H,10-17H2,(H,25,26). The van der Waals surface area contributed by atoms with Crippen LogP contribution in [0, 0.1) is 10.8 Å². The maximum Gasteiger partial charge on any atom is 0.303 e. The van der Waals surface area contributed by atoms with Crippen molar-refractivity contribution in [3.63, 3.8) is 0 Å². The van der Waals surface area contributed by atoms with Gasteiger partial charge in [0.2, 0.25) is 0 Å². The van der Waals surface area contributed by atoms with E-state index < -0.39 is 5.97 Å². The molecule has 3 saturated carbocycles. The fourth-order valence-electron chi connectivity index (χ4n) is 6.01. The monoisotopic (exact) mass is 378 g/mol. The number of carbonyl (C=O) groups is 1. The Hall–Kier alpha value is -2.33. The van der Waals surface area contributed by atoms with E-state index in [1.54, 1.807) is 0 Å². The lowest BCUT2D eigenvalue weighted by Gasteiger charge is -2.49. The van der Waals surface area contributed by atoms with E-state index >= 15 is 0 Å². The zero-order chi connectivity index (χ0) is 19.2. The molecule has 3 fully saturated rings. The Labute approximate surface area is 165 Å². The number of hydrogen-bond donors (Lipinski definition) is 1. The Morgan fingerprint density at radius 3 is 2.46 bits per heavy atom. The molecule has 0 amide bonds. The van der Waals surface area contributed by atoms with Crippen LogP contribution in [0.25, 0.3) is 0 Å². The molecular formula is C24H26O4. The molecule has 0 bridgehead atoms. The second-order valence-corrected chi connectivity index (χ2v) is 8.74. The van der Waals surface area contributed by atoms with Crippen molar-refractivity contribution in [2.24, 2.45) is 10.8 Å². The van der Waals surface area contributed by atoms with Crippen molar-refractivity contribution < 1.29 is 19.4 Å². The number of ether oxygens (including phenoxy) is 2. The van der Waals surface area contributed by atoms with Gasteiger partial charge in [0.1, 0.15) is 11.5 Å². The normalized spacial score (nSPS) is 32.1. The largest absolute Gasteiger partial charge is 0.481 e. The van der Waals surface area contributed by atoms with Crippen LogP contribution in [0.15, 0.2) is 54.6 Å². The van der Waals surface area contributed by atoms with E-state index in [1.165, 1.54) is 6.42 Å². The molecule has 4 nitrogen and oxygen atoms in total. The molecule has 2 aromatic rings. The summed E-state index contributed by atoms with van der Waals surface area (Å²) in [5.41, 5.74) is 1.48. The third kappa shape index (κ3) is 2.58. The van der Waals surface area contributed by atoms with Crippen LogP contribution in [-0.4, -0.2) is 16.7 Å². The van der Waals surface area contributed by atoms with Gasteiger partial charge in [-0.1, -0.05) is 36.4 Å². The average molecular weight is 378 g/mol. The molecule has 0 aromatic heterocycles. The van der Waals surface area contributed by atoms with E-state index in [4.69, 9.17) is 14.6 Å². The van der Waals surface area contributed by atoms with Gasteiger partial charge in [-0.15, -0.1) is 0 Å². The van der Waals surface area contributed by atoms with Crippen LogP contribution in [0.3, 0.4) is 0 Å². The molecule has 1 N–H and O–H groups in total. The maximum absolute atomic E-state index is 11.1. The molecule has 0 saturated heterocycles. The highest BCUT2D eigenvalue weighted by molar-refractivity contribution is 5.67.